The van der Waals surface area contributed by atoms with Gasteiger partial charge in [-0.15, -0.1) is 0 Å². The monoisotopic (exact) mass is 236 g/mol. The molecule has 1 aromatic heterocycles. The third-order valence-electron chi connectivity index (χ3n) is 3.62. The summed E-state index contributed by atoms with van der Waals surface area (Å²) in [6.07, 6.45) is 5.36. The highest BCUT2D eigenvalue weighted by Gasteiger charge is 2.35. The minimum atomic E-state index is -0.233. The van der Waals surface area contributed by atoms with Crippen LogP contribution in [0.5, 0.6) is 0 Å². The molecule has 0 aromatic carbocycles. The molecule has 1 aliphatic heterocycles. The predicted octanol–water partition coefficient (Wildman–Crippen LogP) is 0.977. The van der Waals surface area contributed by atoms with E-state index in [1.165, 1.54) is 0 Å². The lowest BCUT2D eigenvalue weighted by molar-refractivity contribution is -0.132. The zero-order valence-electron chi connectivity index (χ0n) is 10.4. The predicted molar refractivity (Wildman–Crippen MR) is 65.4 cm³/mol. The average Bonchev–Trinajstić information content (AvgIpc) is 2.83. The number of nitrogens with one attached hydrogen (secondary N) is 3. The van der Waals surface area contributed by atoms with Crippen LogP contribution in [0.3, 0.4) is 0 Å². The van der Waals surface area contributed by atoms with Crippen molar-refractivity contribution in [1.82, 2.24) is 20.8 Å². The third kappa shape index (κ3) is 2.66. The van der Waals surface area contributed by atoms with Crippen LogP contribution in [0.4, 0.5) is 0 Å². The number of amides is 1. The maximum Gasteiger partial charge on any atom is 0.226 e. The van der Waals surface area contributed by atoms with Crippen molar-refractivity contribution in [2.45, 2.75) is 32.7 Å². The lowest BCUT2D eigenvalue weighted by atomic mass is 9.80. The Bertz CT molecular complexity index is 368. The summed E-state index contributed by atoms with van der Waals surface area (Å²) in [7, 11) is 0. The average molecular weight is 236 g/mol. The van der Waals surface area contributed by atoms with Crippen LogP contribution >= 0.6 is 0 Å². The number of carbonyl (C=O) groups excluding carboxylic acids is 1. The Hall–Kier alpha value is -1.36. The van der Waals surface area contributed by atoms with E-state index in [0.29, 0.717) is 0 Å². The van der Waals surface area contributed by atoms with Crippen molar-refractivity contribution in [2.75, 3.05) is 13.1 Å². The quantitative estimate of drug-likeness (QED) is 0.732. The van der Waals surface area contributed by atoms with Crippen LogP contribution in [-0.4, -0.2) is 29.2 Å². The van der Waals surface area contributed by atoms with Crippen molar-refractivity contribution in [2.24, 2.45) is 5.41 Å². The first-order valence-corrected chi connectivity index (χ1v) is 6.12. The first kappa shape index (κ1) is 12.1. The van der Waals surface area contributed by atoms with Gasteiger partial charge in [-0.1, -0.05) is 6.92 Å². The Balaban J connectivity index is 1.96. The Morgan fingerprint density at radius 1 is 1.53 bits per heavy atom. The van der Waals surface area contributed by atoms with Gasteiger partial charge in [0.15, 0.2) is 0 Å². The second-order valence-corrected chi connectivity index (χ2v) is 5.04. The molecule has 0 spiro atoms. The fourth-order valence-corrected chi connectivity index (χ4v) is 2.16. The second-order valence-electron chi connectivity index (χ2n) is 5.04. The van der Waals surface area contributed by atoms with Crippen molar-refractivity contribution in [3.63, 3.8) is 0 Å². The Labute approximate surface area is 101 Å². The highest BCUT2D eigenvalue weighted by Crippen LogP contribution is 2.29. The molecular weight excluding hydrogens is 216 g/mol. The summed E-state index contributed by atoms with van der Waals surface area (Å²) in [5.74, 6) is 0.146. The fraction of sp³-hybridized carbons (Fsp3) is 0.667. The van der Waals surface area contributed by atoms with Crippen LogP contribution in [0.15, 0.2) is 12.4 Å². The molecule has 3 N–H and O–H groups in total. The molecule has 1 atom stereocenters. The van der Waals surface area contributed by atoms with Crippen LogP contribution in [0.1, 0.15) is 38.3 Å². The first-order valence-electron chi connectivity index (χ1n) is 6.12. The van der Waals surface area contributed by atoms with Crippen molar-refractivity contribution >= 4 is 5.91 Å². The number of aromatic nitrogens is 2. The zero-order chi connectivity index (χ0) is 12.3. The molecule has 17 heavy (non-hydrogen) atoms. The molecule has 1 aliphatic rings. The van der Waals surface area contributed by atoms with E-state index < -0.39 is 0 Å². The molecule has 0 aliphatic carbocycles. The molecular formula is C12H20N4O. The Morgan fingerprint density at radius 3 is 2.82 bits per heavy atom. The van der Waals surface area contributed by atoms with Gasteiger partial charge in [-0.25, -0.2) is 0 Å². The van der Waals surface area contributed by atoms with Crippen molar-refractivity contribution in [3.8, 4) is 0 Å². The minimum Gasteiger partial charge on any atom is -0.349 e. The molecule has 2 heterocycles. The summed E-state index contributed by atoms with van der Waals surface area (Å²) < 4.78 is 0. The van der Waals surface area contributed by atoms with Crippen LogP contribution in [-0.2, 0) is 4.79 Å². The topological polar surface area (TPSA) is 69.8 Å². The minimum absolute atomic E-state index is 0.00737. The molecule has 0 saturated carbocycles. The van der Waals surface area contributed by atoms with Crippen molar-refractivity contribution < 1.29 is 4.79 Å². The van der Waals surface area contributed by atoms with E-state index in [1.807, 2.05) is 20.0 Å². The number of hydrogen-bond donors (Lipinski definition) is 3. The van der Waals surface area contributed by atoms with Crippen molar-refractivity contribution in [3.05, 3.63) is 18.0 Å². The Kier molecular flexibility index (Phi) is 3.47. The van der Waals surface area contributed by atoms with Gasteiger partial charge in [-0.05, 0) is 32.9 Å². The van der Waals surface area contributed by atoms with Gasteiger partial charge in [0, 0.05) is 17.2 Å². The van der Waals surface area contributed by atoms with E-state index in [4.69, 9.17) is 0 Å². The molecule has 0 radical (unpaired) electrons. The number of carbonyl (C=O) groups is 1. The fourth-order valence-electron chi connectivity index (χ4n) is 2.16. The maximum absolute atomic E-state index is 12.3. The molecule has 5 nitrogen and oxygen atoms in total. The lowest BCUT2D eigenvalue weighted by Crippen LogP contribution is -2.46. The second kappa shape index (κ2) is 4.87. The summed E-state index contributed by atoms with van der Waals surface area (Å²) in [5.41, 5.74) is 0.777. The van der Waals surface area contributed by atoms with E-state index in [-0.39, 0.29) is 17.4 Å². The molecule has 1 saturated heterocycles. The maximum atomic E-state index is 12.3. The van der Waals surface area contributed by atoms with Crippen molar-refractivity contribution in [1.29, 1.82) is 0 Å². The van der Waals surface area contributed by atoms with Crippen LogP contribution < -0.4 is 10.6 Å². The number of nitrogens with zero attached hydrogens (tertiary/aromatic N) is 1. The van der Waals surface area contributed by atoms with E-state index in [2.05, 4.69) is 20.8 Å². The van der Waals surface area contributed by atoms with Crippen LogP contribution in [0.25, 0.3) is 0 Å². The largest absolute Gasteiger partial charge is 0.349 e. The lowest BCUT2D eigenvalue weighted by Gasteiger charge is -2.33. The molecule has 0 bridgehead atoms. The van der Waals surface area contributed by atoms with E-state index >= 15 is 0 Å². The van der Waals surface area contributed by atoms with E-state index in [9.17, 15) is 4.79 Å². The number of piperidine rings is 1. The van der Waals surface area contributed by atoms with Gasteiger partial charge in [0.2, 0.25) is 5.91 Å². The number of aromatic amines is 1. The molecule has 1 fully saturated rings. The summed E-state index contributed by atoms with van der Waals surface area (Å²) in [5, 5.41) is 13.0. The van der Waals surface area contributed by atoms with E-state index in [1.54, 1.807) is 6.20 Å². The normalized spacial score (nSPS) is 20.8. The molecule has 94 valence electrons. The van der Waals surface area contributed by atoms with E-state index in [0.717, 1.165) is 31.5 Å². The van der Waals surface area contributed by atoms with Gasteiger partial charge in [0.25, 0.3) is 0 Å². The standard InChI is InChI=1S/C12H20N4O/c1-9(10-7-14-15-8-10)16-11(17)12(2)3-5-13-6-4-12/h7-9,13H,3-6H2,1-2H3,(H,14,15)(H,16,17). The Morgan fingerprint density at radius 2 is 2.24 bits per heavy atom. The van der Waals surface area contributed by atoms with Gasteiger partial charge in [0.05, 0.1) is 12.2 Å². The summed E-state index contributed by atoms with van der Waals surface area (Å²) in [4.78, 5) is 12.3. The van der Waals surface area contributed by atoms with Gasteiger partial charge in [-0.3, -0.25) is 9.89 Å². The smallest absolute Gasteiger partial charge is 0.226 e. The van der Waals surface area contributed by atoms with Crippen LogP contribution in [0, 0.1) is 5.41 Å². The third-order valence-corrected chi connectivity index (χ3v) is 3.62. The highest BCUT2D eigenvalue weighted by atomic mass is 16.2. The molecule has 1 unspecified atom stereocenters. The summed E-state index contributed by atoms with van der Waals surface area (Å²) >= 11 is 0. The molecule has 1 aromatic rings. The summed E-state index contributed by atoms with van der Waals surface area (Å²) in [6, 6.07) is 0.00737. The van der Waals surface area contributed by atoms with Crippen LogP contribution in [0.2, 0.25) is 0 Å². The number of H-pyrrole nitrogens is 1. The van der Waals surface area contributed by atoms with Gasteiger partial charge < -0.3 is 10.6 Å². The zero-order valence-corrected chi connectivity index (χ0v) is 10.4. The molecule has 2 rings (SSSR count). The number of hydrogen-bond acceptors (Lipinski definition) is 3. The molecule has 1 amide bonds. The highest BCUT2D eigenvalue weighted by molar-refractivity contribution is 5.82. The first-order chi connectivity index (χ1) is 8.12. The molecule has 5 heteroatoms. The van der Waals surface area contributed by atoms with Gasteiger partial charge in [0.1, 0.15) is 0 Å². The van der Waals surface area contributed by atoms with Gasteiger partial charge >= 0.3 is 0 Å². The summed E-state index contributed by atoms with van der Waals surface area (Å²) in [6.45, 7) is 5.87. The SMILES string of the molecule is CC(NC(=O)C1(C)CCNCC1)c1cn[nH]c1. The van der Waals surface area contributed by atoms with Gasteiger partial charge in [-0.2, -0.15) is 5.10 Å². The number of rotatable bonds is 3.